The van der Waals surface area contributed by atoms with Crippen LogP contribution in [0.25, 0.3) is 0 Å². The number of fused-ring (bicyclic) bond motifs is 1. The Kier molecular flexibility index (Phi) is 6.81. The second kappa shape index (κ2) is 8.51. The zero-order chi connectivity index (χ0) is 23.5. The van der Waals surface area contributed by atoms with Crippen LogP contribution in [0.3, 0.4) is 0 Å². The van der Waals surface area contributed by atoms with Gasteiger partial charge in [0.2, 0.25) is 0 Å². The van der Waals surface area contributed by atoms with E-state index in [4.69, 9.17) is 0 Å². The van der Waals surface area contributed by atoms with Crippen LogP contribution in [0, 0.1) is 0 Å². The number of carbonyl (C=O) groups is 4. The van der Waals surface area contributed by atoms with Crippen LogP contribution in [-0.4, -0.2) is 45.8 Å². The van der Waals surface area contributed by atoms with Gasteiger partial charge in [0.1, 0.15) is 0 Å². The molecule has 1 aromatic rings. The summed E-state index contributed by atoms with van der Waals surface area (Å²) >= 11 is 13.3. The van der Waals surface area contributed by atoms with Gasteiger partial charge in [-0.1, -0.05) is 0 Å². The van der Waals surface area contributed by atoms with E-state index in [0.29, 0.717) is 35.7 Å². The van der Waals surface area contributed by atoms with Crippen molar-refractivity contribution in [3.05, 3.63) is 29.0 Å². The molecule has 1 saturated heterocycles. The lowest BCUT2D eigenvalue weighted by Crippen LogP contribution is -2.63. The molecule has 0 spiro atoms. The third-order valence-corrected chi connectivity index (χ3v) is 9.81. The van der Waals surface area contributed by atoms with Crippen molar-refractivity contribution in [2.24, 2.45) is 0 Å². The lowest BCUT2D eigenvalue weighted by molar-refractivity contribution is -0.141. The Hall–Kier alpha value is -0.820. The first kappa shape index (κ1) is 24.8. The maximum absolute atomic E-state index is 12.8. The average Bonchev–Trinajstić information content (AvgIpc) is 2.86. The second-order valence-electron chi connectivity index (χ2n) is 8.86. The number of hydrogen-bond donors (Lipinski definition) is 3. The fourth-order valence-electron chi connectivity index (χ4n) is 4.28. The number of carbonyl (C=O) groups excluding carboxylic acids is 4. The number of imide groups is 1. The van der Waals surface area contributed by atoms with Gasteiger partial charge in [0.05, 0.1) is 11.1 Å². The Morgan fingerprint density at radius 3 is 1.68 bits per heavy atom. The molecule has 2 heterocycles. The highest BCUT2D eigenvalue weighted by Crippen LogP contribution is 2.44. The van der Waals surface area contributed by atoms with E-state index in [2.05, 4.69) is 79.8 Å². The molecular weight excluding hydrogens is 668 g/mol. The summed E-state index contributed by atoms with van der Waals surface area (Å²) in [4.78, 5) is 50.7. The van der Waals surface area contributed by atoms with Crippen LogP contribution in [0.5, 0.6) is 0 Å². The van der Waals surface area contributed by atoms with E-state index in [1.165, 1.54) is 0 Å². The fourth-order valence-corrected chi connectivity index (χ4v) is 6.74. The van der Waals surface area contributed by atoms with Crippen LogP contribution in [0.4, 0.5) is 0 Å². The first-order chi connectivity index (χ1) is 14.1. The van der Waals surface area contributed by atoms with E-state index in [9.17, 15) is 19.2 Å². The fraction of sp³-hybridized carbons (Fsp3) is 0.474. The Labute approximate surface area is 213 Å². The van der Waals surface area contributed by atoms with Crippen LogP contribution >= 0.6 is 63.7 Å². The van der Waals surface area contributed by atoms with Crippen molar-refractivity contribution in [1.82, 2.24) is 21.1 Å². The van der Waals surface area contributed by atoms with Crippen molar-refractivity contribution in [1.29, 1.82) is 0 Å². The van der Waals surface area contributed by atoms with Crippen molar-refractivity contribution < 1.29 is 19.2 Å². The van der Waals surface area contributed by atoms with Gasteiger partial charge in [0, 0.05) is 35.0 Å². The zero-order valence-corrected chi connectivity index (χ0v) is 23.4. The Balaban J connectivity index is 1.76. The first-order valence-corrected chi connectivity index (χ1v) is 12.5. The highest BCUT2D eigenvalue weighted by Gasteiger charge is 2.43. The molecule has 31 heavy (non-hydrogen) atoms. The third-order valence-electron chi connectivity index (χ3n) is 5.05. The van der Waals surface area contributed by atoms with Gasteiger partial charge in [0.15, 0.2) is 0 Å². The van der Waals surface area contributed by atoms with Crippen LogP contribution in [0.1, 0.15) is 61.3 Å². The number of halogens is 4. The molecule has 1 aromatic carbocycles. The molecule has 4 amide bonds. The van der Waals surface area contributed by atoms with E-state index < -0.39 is 23.6 Å². The quantitative estimate of drug-likeness (QED) is 0.190. The van der Waals surface area contributed by atoms with Gasteiger partial charge in [0.25, 0.3) is 11.8 Å². The summed E-state index contributed by atoms with van der Waals surface area (Å²) < 4.78 is 1.77. The van der Waals surface area contributed by atoms with Gasteiger partial charge >= 0.3 is 11.8 Å². The number of benzene rings is 1. The average molecular weight is 688 g/mol. The van der Waals surface area contributed by atoms with E-state index in [1.807, 2.05) is 27.7 Å². The molecule has 0 saturated carbocycles. The highest BCUT2D eigenvalue weighted by atomic mass is 79.9. The van der Waals surface area contributed by atoms with E-state index in [1.54, 1.807) is 0 Å². The summed E-state index contributed by atoms with van der Waals surface area (Å²) in [5.41, 5.74) is 1.85. The van der Waals surface area contributed by atoms with Crippen LogP contribution in [-0.2, 0) is 9.59 Å². The lowest BCUT2D eigenvalue weighted by Gasteiger charge is -2.46. The molecule has 8 nitrogen and oxygen atoms in total. The predicted octanol–water partition coefficient (Wildman–Crippen LogP) is 3.79. The predicted molar refractivity (Wildman–Crippen MR) is 128 cm³/mol. The topological polar surface area (TPSA) is 108 Å². The van der Waals surface area contributed by atoms with E-state index in [-0.39, 0.29) is 28.2 Å². The van der Waals surface area contributed by atoms with Crippen molar-refractivity contribution in [3.63, 3.8) is 0 Å². The molecule has 168 valence electrons. The van der Waals surface area contributed by atoms with Crippen LogP contribution < -0.4 is 16.1 Å². The molecule has 3 rings (SSSR count). The highest BCUT2D eigenvalue weighted by molar-refractivity contribution is 9.15. The molecule has 0 unspecified atom stereocenters. The molecule has 0 radical (unpaired) electrons. The van der Waals surface area contributed by atoms with Gasteiger partial charge < -0.3 is 10.6 Å². The lowest BCUT2D eigenvalue weighted by atomic mass is 9.79. The molecule has 0 aromatic heterocycles. The molecule has 2 aliphatic heterocycles. The Morgan fingerprint density at radius 2 is 1.26 bits per heavy atom. The molecular formula is C19H20Br4N4O4. The van der Waals surface area contributed by atoms with Crippen molar-refractivity contribution in [2.45, 2.75) is 57.7 Å². The summed E-state index contributed by atoms with van der Waals surface area (Å²) in [6.07, 6.45) is 1.26. The molecule has 0 bridgehead atoms. The maximum Gasteiger partial charge on any atom is 0.328 e. The largest absolute Gasteiger partial charge is 0.345 e. The van der Waals surface area contributed by atoms with Crippen LogP contribution in [0.2, 0.25) is 0 Å². The number of nitrogens with one attached hydrogen (secondary N) is 3. The van der Waals surface area contributed by atoms with Crippen molar-refractivity contribution in [2.75, 3.05) is 0 Å². The summed E-state index contributed by atoms with van der Waals surface area (Å²) in [7, 11) is 0. The van der Waals surface area contributed by atoms with Gasteiger partial charge in [-0.3, -0.25) is 19.2 Å². The standard InChI is InChI=1S/C19H20Br4N4O4/c1-18(2)5-7(6-19(3,4)26-18)24-14(28)15(29)25-27-16(30)8-9(17(27)31)11(21)13(23)12(22)10(8)20/h7,26H,5-6H2,1-4H3,(H,24,28)(H,25,29). The number of piperidine rings is 1. The minimum absolute atomic E-state index is 0.0783. The van der Waals surface area contributed by atoms with Crippen LogP contribution in [0.15, 0.2) is 17.9 Å². The van der Waals surface area contributed by atoms with Gasteiger partial charge in [-0.15, -0.1) is 0 Å². The summed E-state index contributed by atoms with van der Waals surface area (Å²) in [6, 6.07) is -0.234. The molecule has 3 N–H and O–H groups in total. The summed E-state index contributed by atoms with van der Waals surface area (Å²) in [6.45, 7) is 8.10. The smallest absolute Gasteiger partial charge is 0.328 e. The van der Waals surface area contributed by atoms with Gasteiger partial charge in [-0.05, 0) is 104 Å². The molecule has 12 heteroatoms. The zero-order valence-electron chi connectivity index (χ0n) is 17.1. The summed E-state index contributed by atoms with van der Waals surface area (Å²) in [5, 5.41) is 6.77. The van der Waals surface area contributed by atoms with E-state index in [0.717, 1.165) is 0 Å². The Bertz CT molecular complexity index is 962. The number of nitrogens with zero attached hydrogens (tertiary/aromatic N) is 1. The number of hydrazine groups is 1. The second-order valence-corrected chi connectivity index (χ2v) is 12.0. The number of amides is 4. The van der Waals surface area contributed by atoms with Gasteiger partial charge in [-0.25, -0.2) is 5.43 Å². The normalized spacial score (nSPS) is 19.9. The van der Waals surface area contributed by atoms with Crippen molar-refractivity contribution in [3.8, 4) is 0 Å². The minimum Gasteiger partial charge on any atom is -0.345 e. The molecule has 1 fully saturated rings. The van der Waals surface area contributed by atoms with Crippen molar-refractivity contribution >= 4 is 87.3 Å². The first-order valence-electron chi connectivity index (χ1n) is 9.31. The van der Waals surface area contributed by atoms with Gasteiger partial charge in [-0.2, -0.15) is 5.01 Å². The third kappa shape index (κ3) is 4.78. The SMILES string of the molecule is CC1(C)CC(NC(=O)C(=O)NN2C(=O)c3c(Br)c(Br)c(Br)c(Br)c3C2=O)CC(C)(C)N1. The Morgan fingerprint density at radius 1 is 0.839 bits per heavy atom. The number of rotatable bonds is 2. The minimum atomic E-state index is -1.09. The van der Waals surface area contributed by atoms with E-state index >= 15 is 0 Å². The monoisotopic (exact) mass is 684 g/mol. The maximum atomic E-state index is 12.8. The summed E-state index contributed by atoms with van der Waals surface area (Å²) in [5.74, 6) is -3.48. The molecule has 2 aliphatic rings. The molecule has 0 atom stereocenters. The number of hydrogen-bond acceptors (Lipinski definition) is 5. The molecule has 0 aliphatic carbocycles.